The average molecular weight is 661 g/mol. The Labute approximate surface area is 279 Å². The number of ether oxygens (including phenoxy) is 2. The van der Waals surface area contributed by atoms with Crippen LogP contribution in [-0.4, -0.2) is 70.1 Å². The summed E-state index contributed by atoms with van der Waals surface area (Å²) < 4.78 is 12.4. The summed E-state index contributed by atoms with van der Waals surface area (Å²) in [5.41, 5.74) is 2.08. The van der Waals surface area contributed by atoms with Crippen LogP contribution in [-0.2, 0) is 20.8 Å². The molecule has 1 aliphatic heterocycles. The normalized spacial score (nSPS) is 26.5. The summed E-state index contributed by atoms with van der Waals surface area (Å²) in [4.78, 5) is 51.7. The second-order valence-electron chi connectivity index (χ2n) is 13.4. The van der Waals surface area contributed by atoms with Gasteiger partial charge >= 0.3 is 5.97 Å². The minimum Gasteiger partial charge on any atom is -0.496 e. The van der Waals surface area contributed by atoms with Crippen molar-refractivity contribution in [3.8, 4) is 22.2 Å². The monoisotopic (exact) mass is 660 g/mol. The van der Waals surface area contributed by atoms with E-state index in [0.717, 1.165) is 52.2 Å². The van der Waals surface area contributed by atoms with Crippen molar-refractivity contribution in [3.63, 3.8) is 0 Å². The van der Waals surface area contributed by atoms with Crippen molar-refractivity contribution in [2.75, 3.05) is 20.7 Å². The number of carbonyl (C=O) groups is 3. The van der Waals surface area contributed by atoms with Gasteiger partial charge in [0.1, 0.15) is 33.8 Å². The van der Waals surface area contributed by atoms with Gasteiger partial charge in [0.15, 0.2) is 0 Å². The number of thiazole rings is 1. The van der Waals surface area contributed by atoms with Crippen LogP contribution in [0.2, 0.25) is 0 Å². The molecule has 2 saturated carbocycles. The van der Waals surface area contributed by atoms with E-state index in [1.54, 1.807) is 19.1 Å². The molecular weight excluding hydrogens is 616 g/mol. The fraction of sp³-hybridized carbons (Fsp3) is 0.528. The van der Waals surface area contributed by atoms with E-state index in [4.69, 9.17) is 19.4 Å². The van der Waals surface area contributed by atoms with Crippen LogP contribution in [0.25, 0.3) is 21.6 Å². The highest BCUT2D eigenvalue weighted by Crippen LogP contribution is 2.47. The molecule has 5 unspecified atom stereocenters. The van der Waals surface area contributed by atoms with Crippen molar-refractivity contribution in [2.24, 2.45) is 17.8 Å². The number of benzene rings is 1. The minimum absolute atomic E-state index is 0.108. The predicted molar refractivity (Wildman–Crippen MR) is 181 cm³/mol. The lowest BCUT2D eigenvalue weighted by Gasteiger charge is -2.26. The Balaban J connectivity index is 1.36. The van der Waals surface area contributed by atoms with Crippen molar-refractivity contribution < 1.29 is 29.0 Å². The lowest BCUT2D eigenvalue weighted by molar-refractivity contribution is -0.145. The summed E-state index contributed by atoms with van der Waals surface area (Å²) >= 11 is 1.54. The number of fused-ring (bicyclic) bond motifs is 3. The quantitative estimate of drug-likeness (QED) is 0.296. The zero-order chi connectivity index (χ0) is 33.5. The highest BCUT2D eigenvalue weighted by atomic mass is 32.1. The second kappa shape index (κ2) is 13.3. The smallest absolute Gasteiger partial charge is 0.330 e. The van der Waals surface area contributed by atoms with E-state index in [1.165, 1.54) is 11.3 Å². The zero-order valence-corrected chi connectivity index (χ0v) is 28.6. The molecule has 0 saturated heterocycles. The van der Waals surface area contributed by atoms with Gasteiger partial charge in [0.2, 0.25) is 11.8 Å². The number of aryl methyl sites for hydroxylation is 1. The number of methoxy groups -OCH3 is 1. The molecule has 3 heterocycles. The van der Waals surface area contributed by atoms with Crippen molar-refractivity contribution in [2.45, 2.75) is 83.3 Å². The van der Waals surface area contributed by atoms with Crippen LogP contribution < -0.4 is 14.8 Å². The Bertz CT molecular complexity index is 1720. The van der Waals surface area contributed by atoms with Crippen LogP contribution in [0.1, 0.15) is 76.5 Å². The number of carboxylic acids is 1. The Morgan fingerprint density at radius 2 is 1.96 bits per heavy atom. The Morgan fingerprint density at radius 1 is 1.17 bits per heavy atom. The molecule has 0 bridgehead atoms. The fourth-order valence-corrected chi connectivity index (χ4v) is 8.02. The molecule has 2 aromatic heterocycles. The molecule has 2 amide bonds. The van der Waals surface area contributed by atoms with Crippen molar-refractivity contribution in [3.05, 3.63) is 47.0 Å². The van der Waals surface area contributed by atoms with E-state index in [9.17, 15) is 19.5 Å². The molecular formula is C36H44N4O6S. The van der Waals surface area contributed by atoms with Crippen LogP contribution in [0.3, 0.4) is 0 Å². The van der Waals surface area contributed by atoms with E-state index >= 15 is 0 Å². The molecule has 1 aromatic carbocycles. The molecule has 5 atom stereocenters. The van der Waals surface area contributed by atoms with Crippen LogP contribution in [0.15, 0.2) is 35.7 Å². The number of allylic oxidation sites excluding steroid dienone is 1. The largest absolute Gasteiger partial charge is 0.496 e. The number of carbonyl (C=O) groups excluding carboxylic acids is 2. The Kier molecular flexibility index (Phi) is 9.29. The summed E-state index contributed by atoms with van der Waals surface area (Å²) in [6.45, 7) is 6.87. The third kappa shape index (κ3) is 6.34. The first-order chi connectivity index (χ1) is 22.6. The Morgan fingerprint density at radius 3 is 2.66 bits per heavy atom. The summed E-state index contributed by atoms with van der Waals surface area (Å²) in [5, 5.41) is 16.6. The van der Waals surface area contributed by atoms with Gasteiger partial charge in [-0.1, -0.05) is 32.9 Å². The number of nitrogens with zero attached hydrogens (tertiary/aromatic N) is 3. The van der Waals surface area contributed by atoms with Gasteiger partial charge in [0, 0.05) is 41.9 Å². The van der Waals surface area contributed by atoms with Gasteiger partial charge in [-0.15, -0.1) is 11.3 Å². The molecule has 250 valence electrons. The van der Waals surface area contributed by atoms with E-state index < -0.39 is 35.4 Å². The maximum atomic E-state index is 13.9. The summed E-state index contributed by atoms with van der Waals surface area (Å²) in [6.07, 6.45) is 7.67. The molecule has 47 heavy (non-hydrogen) atoms. The number of amides is 2. The van der Waals surface area contributed by atoms with Gasteiger partial charge in [-0.25, -0.2) is 14.8 Å². The molecule has 2 aliphatic carbocycles. The summed E-state index contributed by atoms with van der Waals surface area (Å²) in [5.74, 6) is -1.53. The number of hydrogen-bond acceptors (Lipinski definition) is 8. The van der Waals surface area contributed by atoms with E-state index in [-0.39, 0.29) is 24.2 Å². The average Bonchev–Trinajstić information content (AvgIpc) is 3.36. The van der Waals surface area contributed by atoms with Gasteiger partial charge in [-0.05, 0) is 63.0 Å². The molecule has 2 N–H and O–H groups in total. The zero-order valence-electron chi connectivity index (χ0n) is 27.7. The maximum absolute atomic E-state index is 13.9. The number of pyridine rings is 1. The number of aromatic nitrogens is 2. The van der Waals surface area contributed by atoms with Gasteiger partial charge in [-0.3, -0.25) is 9.59 Å². The molecule has 0 radical (unpaired) electrons. The first-order valence-electron chi connectivity index (χ1n) is 16.7. The highest BCUT2D eigenvalue weighted by molar-refractivity contribution is 7.13. The topological polar surface area (TPSA) is 131 Å². The fourth-order valence-electron chi connectivity index (χ4n) is 7.08. The first-order valence-corrected chi connectivity index (χ1v) is 17.5. The third-order valence-electron chi connectivity index (χ3n) is 9.98. The molecule has 11 heteroatoms. The molecule has 6 rings (SSSR count). The van der Waals surface area contributed by atoms with E-state index in [0.29, 0.717) is 37.3 Å². The van der Waals surface area contributed by atoms with Gasteiger partial charge in [0.25, 0.3) is 0 Å². The van der Waals surface area contributed by atoms with Crippen LogP contribution in [0, 0.1) is 17.8 Å². The second-order valence-corrected chi connectivity index (χ2v) is 14.3. The summed E-state index contributed by atoms with van der Waals surface area (Å²) in [6, 6.07) is 5.76. The van der Waals surface area contributed by atoms with Gasteiger partial charge < -0.3 is 24.8 Å². The van der Waals surface area contributed by atoms with E-state index in [1.807, 2.05) is 30.4 Å². The van der Waals surface area contributed by atoms with Crippen LogP contribution >= 0.6 is 11.3 Å². The number of aliphatic carboxylic acids is 1. The van der Waals surface area contributed by atoms with Crippen molar-refractivity contribution in [1.29, 1.82) is 0 Å². The first kappa shape index (κ1) is 32.9. The summed E-state index contributed by atoms with van der Waals surface area (Å²) in [7, 11) is 3.43. The SMILES string of the molecule is CCc1c(OC)ccc2c(OC3CC4C(=O)NC5(C(=O)O)CC5C=CCCCCN(C)C(=O)C4C3)cc(-c3nc(C(C)C)cs3)nc12. The third-order valence-corrected chi connectivity index (χ3v) is 10.9. The molecule has 10 nitrogen and oxygen atoms in total. The van der Waals surface area contributed by atoms with Crippen LogP contribution in [0.4, 0.5) is 0 Å². The molecule has 2 fully saturated rings. The predicted octanol–water partition coefficient (Wildman–Crippen LogP) is 5.98. The number of nitrogens with one attached hydrogen (secondary N) is 1. The standard InChI is InChI=1S/C36H44N4O6S/c1-6-23-29(45-5)13-12-24-30(17-27(37-31(23)24)33-38-28(19-47-33)20(2)3)46-22-15-25-26(16-22)34(42)40(4)14-10-8-7-9-11-21-18-36(21,35(43)44)39-32(25)41/h9,11-13,17,19-22,25-26H,6-8,10,14-16,18H2,1-5H3,(H,39,41)(H,43,44). The lowest BCUT2D eigenvalue weighted by atomic mass is 9.93. The van der Waals surface area contributed by atoms with Crippen molar-refractivity contribution >= 4 is 40.0 Å². The van der Waals surface area contributed by atoms with Gasteiger partial charge in [-0.2, -0.15) is 0 Å². The van der Waals surface area contributed by atoms with E-state index in [2.05, 4.69) is 31.5 Å². The lowest BCUT2D eigenvalue weighted by Crippen LogP contribution is -2.49. The number of carboxylic acid groups (broad SMARTS) is 1. The van der Waals surface area contributed by atoms with Crippen molar-refractivity contribution in [1.82, 2.24) is 20.2 Å². The molecule has 0 spiro atoms. The highest BCUT2D eigenvalue weighted by Gasteiger charge is 2.61. The Hall–Kier alpha value is -3.99. The number of rotatable bonds is 7. The van der Waals surface area contributed by atoms with Crippen LogP contribution in [0.5, 0.6) is 11.5 Å². The molecule has 3 aromatic rings. The minimum atomic E-state index is -1.33. The maximum Gasteiger partial charge on any atom is 0.330 e. The number of hydrogen-bond donors (Lipinski definition) is 2. The van der Waals surface area contributed by atoms with Gasteiger partial charge in [0.05, 0.1) is 30.2 Å². The molecule has 3 aliphatic rings.